The van der Waals surface area contributed by atoms with Crippen molar-refractivity contribution in [1.82, 2.24) is 26.1 Å². The number of nitrogens with one attached hydrogen (secondary N) is 3. The fourth-order valence-electron chi connectivity index (χ4n) is 7.04. The Hall–Kier alpha value is -5.42. The maximum absolute atomic E-state index is 14.3. The molecule has 3 heterocycles. The number of aliphatic hydroxyl groups excluding tert-OH is 1. The van der Waals surface area contributed by atoms with E-state index in [1.54, 1.807) is 76.3 Å². The fraction of sp³-hybridized carbons (Fsp3) is 0.511. The molecule has 61 heavy (non-hydrogen) atoms. The Bertz CT molecular complexity index is 1880. The highest BCUT2D eigenvalue weighted by molar-refractivity contribution is 6.03. The van der Waals surface area contributed by atoms with Gasteiger partial charge < -0.3 is 36.1 Å². The summed E-state index contributed by atoms with van der Waals surface area (Å²) in [6.07, 6.45) is 13.5. The molecule has 0 radical (unpaired) electrons. The summed E-state index contributed by atoms with van der Waals surface area (Å²) in [5.74, 6) is -5.57. The highest BCUT2D eigenvalue weighted by Crippen LogP contribution is 2.24. The van der Waals surface area contributed by atoms with E-state index in [4.69, 9.17) is 15.3 Å². The first-order valence-corrected chi connectivity index (χ1v) is 21.0. The number of carbonyl (C=O) groups is 6. The first kappa shape index (κ1) is 48.2. The number of aromatic hydroxyl groups is 1. The maximum Gasteiger partial charge on any atom is 0.325 e. The average Bonchev–Trinajstić information content (AvgIpc) is 3.23. The lowest BCUT2D eigenvalue weighted by Crippen LogP contribution is -2.58. The average molecular weight is 847 g/mol. The third-order valence-electron chi connectivity index (χ3n) is 10.9. The number of hydroxylamine groups is 2. The molecule has 1 aromatic carbocycles. The Balaban J connectivity index is 1.72. The molecule has 2 bridgehead atoms. The van der Waals surface area contributed by atoms with Crippen LogP contribution in [0.3, 0.4) is 0 Å². The molecule has 16 nitrogen and oxygen atoms in total. The van der Waals surface area contributed by atoms with Gasteiger partial charge in [-0.2, -0.15) is 0 Å². The van der Waals surface area contributed by atoms with Crippen LogP contribution in [-0.4, -0.2) is 106 Å². The Morgan fingerprint density at radius 3 is 2.51 bits per heavy atom. The van der Waals surface area contributed by atoms with Gasteiger partial charge in [0.2, 0.25) is 11.8 Å². The molecule has 1 aromatic rings. The van der Waals surface area contributed by atoms with Gasteiger partial charge in [-0.3, -0.25) is 33.8 Å². The standard InChI is InChI=1S/C45H62N6O10/c1-28(2)40-43(57)47-37(27-32-15-12-16-33(53)26-32)44(58)50-23-13-18-36(49-50)45(59)61-38(29(3)14-11-20-39(54)51-24-9-10-25-60-51)19-8-6-7-17-35(46)31(5)41(55)34(42(56)48-40)22-21-30(4)52/h6-8,11-12,14-17,20,26-28,31,34-36,38,40-41,49,53,55H,9-10,13,18-19,21-25,46H2,1-5H3,(H,47,57)(H,48,56). The number of phenolic OH excluding ortho intramolecular Hbond substituents is 1. The second kappa shape index (κ2) is 23.5. The van der Waals surface area contributed by atoms with Crippen LogP contribution >= 0.6 is 0 Å². The Morgan fingerprint density at radius 2 is 1.82 bits per heavy atom. The number of ether oxygens (including phenoxy) is 1. The summed E-state index contributed by atoms with van der Waals surface area (Å²) in [5.41, 5.74) is 10.3. The summed E-state index contributed by atoms with van der Waals surface area (Å²) < 4.78 is 6.06. The first-order chi connectivity index (χ1) is 29.0. The number of carbonyl (C=O) groups excluding carboxylic acids is 6. The Kier molecular flexibility index (Phi) is 18.6. The molecule has 3 aliphatic rings. The Labute approximate surface area is 357 Å². The molecule has 0 aliphatic carbocycles. The van der Waals surface area contributed by atoms with E-state index in [2.05, 4.69) is 16.1 Å². The number of fused-ring (bicyclic) bond motifs is 2. The number of esters is 1. The van der Waals surface area contributed by atoms with Gasteiger partial charge in [0, 0.05) is 44.0 Å². The number of phenols is 1. The molecule has 16 heteroatoms. The molecule has 7 N–H and O–H groups in total. The summed E-state index contributed by atoms with van der Waals surface area (Å²) in [4.78, 5) is 86.3. The SMILES string of the molecule is CC(=O)CCC1C(=O)NC(C(C)C)C(=O)NC(=Cc2cccc(O)c2)C(=O)N2CCCC(N2)C(=O)OC(C(C)=CC=CC(=O)N2CCCCO2)CC=CC=CC(N)C(C)C1O. The number of hydrogen-bond donors (Lipinski definition) is 6. The molecule has 2 fully saturated rings. The molecule has 2 saturated heterocycles. The number of ketones is 1. The van der Waals surface area contributed by atoms with Crippen LogP contribution in [0.4, 0.5) is 0 Å². The number of Topliss-reactive ketones (excluding diaryl/α,β-unsaturated/α-hetero) is 1. The van der Waals surface area contributed by atoms with Crippen molar-refractivity contribution in [3.05, 3.63) is 83.6 Å². The number of cyclic esters (lactones) is 1. The summed E-state index contributed by atoms with van der Waals surface area (Å²) in [6.45, 7) is 9.40. The predicted octanol–water partition coefficient (Wildman–Crippen LogP) is 3.28. The van der Waals surface area contributed by atoms with Crippen molar-refractivity contribution in [2.24, 2.45) is 23.5 Å². The number of benzene rings is 1. The van der Waals surface area contributed by atoms with E-state index in [1.807, 2.05) is 0 Å². The number of hydrazine groups is 1. The minimum Gasteiger partial charge on any atom is -0.508 e. The summed E-state index contributed by atoms with van der Waals surface area (Å²) in [5, 5.41) is 29.7. The monoisotopic (exact) mass is 846 g/mol. The van der Waals surface area contributed by atoms with Gasteiger partial charge >= 0.3 is 5.97 Å². The summed E-state index contributed by atoms with van der Waals surface area (Å²) >= 11 is 0. The highest BCUT2D eigenvalue weighted by atomic mass is 16.7. The highest BCUT2D eigenvalue weighted by Gasteiger charge is 2.37. The van der Waals surface area contributed by atoms with Crippen LogP contribution in [-0.2, 0) is 38.3 Å². The molecule has 7 unspecified atom stereocenters. The van der Waals surface area contributed by atoms with Crippen LogP contribution in [0.2, 0.25) is 0 Å². The number of allylic oxidation sites excluding steroid dienone is 4. The van der Waals surface area contributed by atoms with Crippen molar-refractivity contribution < 1.29 is 48.6 Å². The second-order valence-corrected chi connectivity index (χ2v) is 16.2. The molecule has 4 amide bonds. The van der Waals surface area contributed by atoms with E-state index < -0.39 is 71.8 Å². The zero-order chi connectivity index (χ0) is 44.6. The third-order valence-corrected chi connectivity index (χ3v) is 10.9. The van der Waals surface area contributed by atoms with Crippen molar-refractivity contribution in [3.63, 3.8) is 0 Å². The molecule has 0 spiro atoms. The number of hydrogen-bond acceptors (Lipinski definition) is 12. The fourth-order valence-corrected chi connectivity index (χ4v) is 7.04. The van der Waals surface area contributed by atoms with Crippen LogP contribution in [0.25, 0.3) is 6.08 Å². The van der Waals surface area contributed by atoms with Gasteiger partial charge in [-0.05, 0) is 81.2 Å². The summed E-state index contributed by atoms with van der Waals surface area (Å²) in [6, 6.07) is 3.18. The number of nitrogens with two attached hydrogens (primary N) is 1. The molecule has 0 saturated carbocycles. The van der Waals surface area contributed by atoms with Crippen LogP contribution in [0.5, 0.6) is 5.75 Å². The van der Waals surface area contributed by atoms with Crippen molar-refractivity contribution >= 4 is 41.5 Å². The van der Waals surface area contributed by atoms with E-state index in [-0.39, 0.29) is 48.9 Å². The van der Waals surface area contributed by atoms with Gasteiger partial charge in [0.1, 0.15) is 35.4 Å². The molecule has 0 aromatic heterocycles. The number of amides is 4. The van der Waals surface area contributed by atoms with Crippen LogP contribution in [0.1, 0.15) is 85.1 Å². The van der Waals surface area contributed by atoms with Gasteiger partial charge in [0.15, 0.2) is 0 Å². The van der Waals surface area contributed by atoms with Crippen LogP contribution < -0.4 is 21.8 Å². The molecule has 7 atom stereocenters. The molecule has 3 aliphatic heterocycles. The van der Waals surface area contributed by atoms with E-state index in [0.29, 0.717) is 37.1 Å². The van der Waals surface area contributed by atoms with Gasteiger partial charge in [0.25, 0.3) is 11.8 Å². The maximum atomic E-state index is 14.3. The lowest BCUT2D eigenvalue weighted by molar-refractivity contribution is -0.191. The van der Waals surface area contributed by atoms with Crippen LogP contribution in [0.15, 0.2) is 78.1 Å². The normalized spacial score (nSPS) is 27.6. The van der Waals surface area contributed by atoms with Crippen molar-refractivity contribution in [2.75, 3.05) is 19.7 Å². The van der Waals surface area contributed by atoms with E-state index in [9.17, 15) is 39.0 Å². The lowest BCUT2D eigenvalue weighted by Gasteiger charge is -2.34. The molecule has 332 valence electrons. The van der Waals surface area contributed by atoms with E-state index in [1.165, 1.54) is 41.3 Å². The number of rotatable bonds is 8. The summed E-state index contributed by atoms with van der Waals surface area (Å²) in [7, 11) is 0. The van der Waals surface area contributed by atoms with Gasteiger partial charge in [-0.25, -0.2) is 10.5 Å². The second-order valence-electron chi connectivity index (χ2n) is 16.2. The van der Waals surface area contributed by atoms with Crippen molar-refractivity contribution in [2.45, 2.75) is 110 Å². The van der Waals surface area contributed by atoms with Crippen molar-refractivity contribution in [1.29, 1.82) is 0 Å². The predicted molar refractivity (Wildman–Crippen MR) is 228 cm³/mol. The first-order valence-electron chi connectivity index (χ1n) is 21.0. The van der Waals surface area contributed by atoms with E-state index >= 15 is 0 Å². The van der Waals surface area contributed by atoms with Gasteiger partial charge in [-0.1, -0.05) is 69.4 Å². The largest absolute Gasteiger partial charge is 0.508 e. The van der Waals surface area contributed by atoms with Gasteiger partial charge in [-0.15, -0.1) is 0 Å². The van der Waals surface area contributed by atoms with Crippen LogP contribution in [0, 0.1) is 17.8 Å². The minimum atomic E-state index is -1.31. The molecule has 4 rings (SSSR count). The number of aliphatic hydroxyl groups is 1. The molecular formula is C45H62N6O10. The van der Waals surface area contributed by atoms with E-state index in [0.717, 1.165) is 12.8 Å². The smallest absolute Gasteiger partial charge is 0.325 e. The Morgan fingerprint density at radius 1 is 1.05 bits per heavy atom. The minimum absolute atomic E-state index is 0.000734. The third kappa shape index (κ3) is 14.6. The zero-order valence-corrected chi connectivity index (χ0v) is 35.8. The van der Waals surface area contributed by atoms with Crippen molar-refractivity contribution in [3.8, 4) is 5.75 Å². The lowest BCUT2D eigenvalue weighted by atomic mass is 9.83. The zero-order valence-electron chi connectivity index (χ0n) is 35.8. The topological polar surface area (TPSA) is 230 Å². The molecular weight excluding hydrogens is 785 g/mol. The quantitative estimate of drug-likeness (QED) is 0.126. The number of nitrogens with zero attached hydrogens (tertiary/aromatic N) is 2. The van der Waals surface area contributed by atoms with Gasteiger partial charge in [0.05, 0.1) is 18.6 Å².